The van der Waals surface area contributed by atoms with E-state index in [1.54, 1.807) is 6.33 Å². The molecule has 0 aliphatic carbocycles. The molecule has 0 amide bonds. The molecule has 0 spiro atoms. The molecule has 22 heavy (non-hydrogen) atoms. The van der Waals surface area contributed by atoms with Crippen LogP contribution in [0.3, 0.4) is 0 Å². The summed E-state index contributed by atoms with van der Waals surface area (Å²) in [5.41, 5.74) is 2.45. The number of hydrogen-bond donors (Lipinski definition) is 1. The van der Waals surface area contributed by atoms with E-state index in [1.165, 1.54) is 11.1 Å². The van der Waals surface area contributed by atoms with Gasteiger partial charge in [0.25, 0.3) is 0 Å². The average Bonchev–Trinajstić information content (AvgIpc) is 3.04. The lowest BCUT2D eigenvalue weighted by molar-refractivity contribution is 0.431. The van der Waals surface area contributed by atoms with Crippen LogP contribution < -0.4 is 5.32 Å². The number of benzene rings is 2. The van der Waals surface area contributed by atoms with E-state index in [4.69, 9.17) is 11.6 Å². The van der Waals surface area contributed by atoms with Crippen LogP contribution in [0, 0.1) is 0 Å². The summed E-state index contributed by atoms with van der Waals surface area (Å²) in [4.78, 5) is 4.34. The minimum absolute atomic E-state index is 0.181. The maximum absolute atomic E-state index is 5.99. The molecule has 110 valence electrons. The quantitative estimate of drug-likeness (QED) is 0.775. The van der Waals surface area contributed by atoms with Gasteiger partial charge in [-0.15, -0.1) is 0 Å². The number of halogens is 1. The van der Waals surface area contributed by atoms with Gasteiger partial charge in [-0.3, -0.25) is 0 Å². The van der Waals surface area contributed by atoms with E-state index in [9.17, 15) is 0 Å². The van der Waals surface area contributed by atoms with Gasteiger partial charge in [-0.1, -0.05) is 54.1 Å². The highest BCUT2D eigenvalue weighted by atomic mass is 35.5. The lowest BCUT2D eigenvalue weighted by atomic mass is 9.93. The van der Waals surface area contributed by atoms with E-state index < -0.39 is 0 Å². The summed E-state index contributed by atoms with van der Waals surface area (Å²) < 4.78 is 1.96. The standard InChI is InChI=1S/C17H15ClN4/c18-14-8-6-12(7-9-14)15-10-16(13-4-2-1-3-5-13)22-17(21-15)19-11-20-22/h1-9,11,15-16H,10H2,(H,19,20,21)/t15-,16+/m0/s1. The van der Waals surface area contributed by atoms with Crippen molar-refractivity contribution in [3.63, 3.8) is 0 Å². The Bertz CT molecular complexity index is 767. The summed E-state index contributed by atoms with van der Waals surface area (Å²) in [7, 11) is 0. The average molecular weight is 311 g/mol. The second-order valence-electron chi connectivity index (χ2n) is 5.44. The first-order chi connectivity index (χ1) is 10.8. The van der Waals surface area contributed by atoms with Crippen LogP contribution >= 0.6 is 11.6 Å². The molecule has 1 aliphatic heterocycles. The minimum Gasteiger partial charge on any atom is -0.348 e. The highest BCUT2D eigenvalue weighted by Gasteiger charge is 2.29. The number of rotatable bonds is 2. The summed E-state index contributed by atoms with van der Waals surface area (Å²) in [5, 5.41) is 8.59. The molecule has 0 unspecified atom stereocenters. The Labute approximate surface area is 133 Å². The first-order valence-electron chi connectivity index (χ1n) is 7.28. The smallest absolute Gasteiger partial charge is 0.222 e. The number of anilines is 1. The molecule has 1 aliphatic rings. The summed E-state index contributed by atoms with van der Waals surface area (Å²) in [5.74, 6) is 0.806. The molecule has 0 radical (unpaired) electrons. The second kappa shape index (κ2) is 5.46. The van der Waals surface area contributed by atoms with Crippen LogP contribution in [0.25, 0.3) is 0 Å². The summed E-state index contributed by atoms with van der Waals surface area (Å²) in [6, 6.07) is 18.8. The van der Waals surface area contributed by atoms with Crippen LogP contribution in [0.2, 0.25) is 5.02 Å². The molecule has 4 rings (SSSR count). The van der Waals surface area contributed by atoms with Gasteiger partial charge in [-0.25, -0.2) is 4.68 Å². The van der Waals surface area contributed by atoms with Gasteiger partial charge >= 0.3 is 0 Å². The highest BCUT2D eigenvalue weighted by Crippen LogP contribution is 2.37. The SMILES string of the molecule is Clc1ccc([C@@H]2C[C@H](c3ccccc3)n3ncnc3N2)cc1. The fourth-order valence-corrected chi connectivity index (χ4v) is 3.11. The van der Waals surface area contributed by atoms with Gasteiger partial charge in [-0.2, -0.15) is 10.1 Å². The molecule has 2 heterocycles. The highest BCUT2D eigenvalue weighted by molar-refractivity contribution is 6.30. The molecule has 4 nitrogen and oxygen atoms in total. The third kappa shape index (κ3) is 2.35. The number of nitrogens with one attached hydrogen (secondary N) is 1. The topological polar surface area (TPSA) is 42.7 Å². The third-order valence-electron chi connectivity index (χ3n) is 4.09. The second-order valence-corrected chi connectivity index (χ2v) is 5.88. The van der Waals surface area contributed by atoms with Gasteiger partial charge in [0.15, 0.2) is 0 Å². The molecule has 0 bridgehead atoms. The van der Waals surface area contributed by atoms with Gasteiger partial charge in [0.2, 0.25) is 5.95 Å². The molecule has 0 saturated carbocycles. The zero-order valence-corrected chi connectivity index (χ0v) is 12.6. The summed E-state index contributed by atoms with van der Waals surface area (Å²) in [6.07, 6.45) is 2.52. The molecule has 1 aromatic heterocycles. The van der Waals surface area contributed by atoms with Crippen LogP contribution in [0.15, 0.2) is 60.9 Å². The van der Waals surface area contributed by atoms with E-state index in [1.807, 2.05) is 22.9 Å². The Morgan fingerprint density at radius 1 is 1.00 bits per heavy atom. The number of aromatic nitrogens is 3. The summed E-state index contributed by atoms with van der Waals surface area (Å²) >= 11 is 5.99. The van der Waals surface area contributed by atoms with Crippen molar-refractivity contribution >= 4 is 17.5 Å². The van der Waals surface area contributed by atoms with Crippen LogP contribution in [0.1, 0.15) is 29.6 Å². The largest absolute Gasteiger partial charge is 0.348 e. The number of nitrogens with zero attached hydrogens (tertiary/aromatic N) is 3. The Kier molecular flexibility index (Phi) is 3.31. The molecule has 2 aromatic carbocycles. The zero-order chi connectivity index (χ0) is 14.9. The van der Waals surface area contributed by atoms with Crippen molar-refractivity contribution in [1.29, 1.82) is 0 Å². The predicted octanol–water partition coefficient (Wildman–Crippen LogP) is 4.08. The van der Waals surface area contributed by atoms with Crippen LogP contribution in [0.5, 0.6) is 0 Å². The van der Waals surface area contributed by atoms with Gasteiger partial charge in [0.1, 0.15) is 6.33 Å². The van der Waals surface area contributed by atoms with E-state index in [0.717, 1.165) is 17.4 Å². The van der Waals surface area contributed by atoms with E-state index in [0.29, 0.717) is 0 Å². The summed E-state index contributed by atoms with van der Waals surface area (Å²) in [6.45, 7) is 0. The van der Waals surface area contributed by atoms with Crippen molar-refractivity contribution in [3.05, 3.63) is 77.1 Å². The lowest BCUT2D eigenvalue weighted by Crippen LogP contribution is -2.28. The molecule has 2 atom stereocenters. The van der Waals surface area contributed by atoms with Gasteiger partial charge in [0, 0.05) is 5.02 Å². The normalized spacial score (nSPS) is 20.2. The van der Waals surface area contributed by atoms with Gasteiger partial charge in [0.05, 0.1) is 12.1 Å². The maximum atomic E-state index is 5.99. The Morgan fingerprint density at radius 2 is 1.77 bits per heavy atom. The third-order valence-corrected chi connectivity index (χ3v) is 4.34. The number of hydrogen-bond acceptors (Lipinski definition) is 3. The van der Waals surface area contributed by atoms with Crippen molar-refractivity contribution in [3.8, 4) is 0 Å². The molecular formula is C17H15ClN4. The first-order valence-corrected chi connectivity index (χ1v) is 7.65. The van der Waals surface area contributed by atoms with Crippen molar-refractivity contribution in [2.24, 2.45) is 0 Å². The maximum Gasteiger partial charge on any atom is 0.222 e. The van der Waals surface area contributed by atoms with Crippen molar-refractivity contribution in [2.45, 2.75) is 18.5 Å². The van der Waals surface area contributed by atoms with Crippen molar-refractivity contribution in [1.82, 2.24) is 14.8 Å². The molecule has 0 saturated heterocycles. The van der Waals surface area contributed by atoms with Gasteiger partial charge in [-0.05, 0) is 29.7 Å². The molecule has 3 aromatic rings. The van der Waals surface area contributed by atoms with Crippen LogP contribution in [0.4, 0.5) is 5.95 Å². The van der Waals surface area contributed by atoms with Gasteiger partial charge < -0.3 is 5.32 Å². The fourth-order valence-electron chi connectivity index (χ4n) is 2.99. The molecule has 0 fully saturated rings. The van der Waals surface area contributed by atoms with Crippen LogP contribution in [-0.4, -0.2) is 14.8 Å². The van der Waals surface area contributed by atoms with E-state index in [-0.39, 0.29) is 12.1 Å². The molecular weight excluding hydrogens is 296 g/mol. The minimum atomic E-state index is 0.181. The number of fused-ring (bicyclic) bond motifs is 1. The fraction of sp³-hybridized carbons (Fsp3) is 0.176. The Hall–Kier alpha value is -2.33. The zero-order valence-electron chi connectivity index (χ0n) is 11.9. The van der Waals surface area contributed by atoms with E-state index in [2.05, 4.69) is 51.8 Å². The van der Waals surface area contributed by atoms with Crippen molar-refractivity contribution in [2.75, 3.05) is 5.32 Å². The Balaban J connectivity index is 1.72. The predicted molar refractivity (Wildman–Crippen MR) is 87.0 cm³/mol. The molecule has 1 N–H and O–H groups in total. The molecule has 5 heteroatoms. The Morgan fingerprint density at radius 3 is 2.55 bits per heavy atom. The first kappa shape index (κ1) is 13.3. The van der Waals surface area contributed by atoms with Crippen LogP contribution in [-0.2, 0) is 0 Å². The lowest BCUT2D eigenvalue weighted by Gasteiger charge is -2.31. The van der Waals surface area contributed by atoms with Crippen molar-refractivity contribution < 1.29 is 0 Å². The monoisotopic (exact) mass is 310 g/mol. The van der Waals surface area contributed by atoms with E-state index >= 15 is 0 Å².